The van der Waals surface area contributed by atoms with Gasteiger partial charge < -0.3 is 5.32 Å². The second kappa shape index (κ2) is 8.06. The van der Waals surface area contributed by atoms with Crippen molar-refractivity contribution in [3.8, 4) is 0 Å². The third kappa shape index (κ3) is 4.92. The molecule has 0 spiro atoms. The maximum absolute atomic E-state index is 3.75. The zero-order valence-electron chi connectivity index (χ0n) is 12.6. The lowest BCUT2D eigenvalue weighted by molar-refractivity contribution is 0.314. The number of aryl methyl sites for hydroxylation is 1. The highest BCUT2D eigenvalue weighted by molar-refractivity contribution is 7.10. The molecule has 1 N–H and O–H groups in total. The molecule has 0 saturated heterocycles. The summed E-state index contributed by atoms with van der Waals surface area (Å²) < 4.78 is 0. The molecule has 0 aromatic carbocycles. The summed E-state index contributed by atoms with van der Waals surface area (Å²) >= 11 is 1.89. The Kier molecular flexibility index (Phi) is 6.39. The lowest BCUT2D eigenvalue weighted by Gasteiger charge is -2.24. The first-order valence-electron chi connectivity index (χ1n) is 8.08. The normalized spacial score (nSPS) is 18.6. The van der Waals surface area contributed by atoms with Gasteiger partial charge >= 0.3 is 0 Å². The molecule has 1 saturated carbocycles. The molecule has 108 valence electrons. The largest absolute Gasteiger partial charge is 0.310 e. The first kappa shape index (κ1) is 15.1. The van der Waals surface area contributed by atoms with E-state index < -0.39 is 0 Å². The summed E-state index contributed by atoms with van der Waals surface area (Å²) in [6, 6.07) is 2.96. The first-order valence-corrected chi connectivity index (χ1v) is 8.96. The van der Waals surface area contributed by atoms with E-state index >= 15 is 0 Å². The average molecular weight is 279 g/mol. The Hall–Kier alpha value is -0.340. The van der Waals surface area contributed by atoms with Gasteiger partial charge in [0.25, 0.3) is 0 Å². The minimum absolute atomic E-state index is 0.590. The summed E-state index contributed by atoms with van der Waals surface area (Å²) in [4.78, 5) is 1.44. The molecule has 0 aliphatic heterocycles. The van der Waals surface area contributed by atoms with Crippen LogP contribution in [0.3, 0.4) is 0 Å². The van der Waals surface area contributed by atoms with Crippen molar-refractivity contribution >= 4 is 11.3 Å². The molecule has 2 rings (SSSR count). The van der Waals surface area contributed by atoms with Crippen molar-refractivity contribution in [1.29, 1.82) is 0 Å². The fourth-order valence-corrected chi connectivity index (χ4v) is 3.99. The summed E-state index contributed by atoms with van der Waals surface area (Å²) in [6.45, 7) is 5.61. The van der Waals surface area contributed by atoms with Crippen LogP contribution in [0.25, 0.3) is 0 Å². The van der Waals surface area contributed by atoms with Crippen LogP contribution >= 0.6 is 11.3 Å². The Morgan fingerprint density at radius 3 is 2.74 bits per heavy atom. The smallest absolute Gasteiger partial charge is 0.0328 e. The van der Waals surface area contributed by atoms with Crippen molar-refractivity contribution in [1.82, 2.24) is 5.32 Å². The molecular weight excluding hydrogens is 250 g/mol. The third-order valence-corrected chi connectivity index (χ3v) is 5.26. The molecular formula is C17H29NS. The Morgan fingerprint density at radius 1 is 1.32 bits per heavy atom. The fourth-order valence-electron chi connectivity index (χ4n) is 3.23. The van der Waals surface area contributed by atoms with Crippen molar-refractivity contribution < 1.29 is 0 Å². The molecule has 1 heterocycles. The van der Waals surface area contributed by atoms with E-state index in [-0.39, 0.29) is 0 Å². The van der Waals surface area contributed by atoms with Crippen molar-refractivity contribution in [2.75, 3.05) is 6.54 Å². The second-order valence-electron chi connectivity index (χ2n) is 6.08. The van der Waals surface area contributed by atoms with E-state index in [1.54, 1.807) is 0 Å². The highest BCUT2D eigenvalue weighted by Crippen LogP contribution is 2.31. The number of hydrogen-bond acceptors (Lipinski definition) is 2. The molecule has 1 aromatic rings. The van der Waals surface area contributed by atoms with Crippen LogP contribution in [0, 0.1) is 12.8 Å². The SMILES string of the molecule is CCCNC(CCC1CCCCC1)c1csc(C)c1. The van der Waals surface area contributed by atoms with Crippen LogP contribution in [0.15, 0.2) is 11.4 Å². The number of thiophene rings is 1. The summed E-state index contributed by atoms with van der Waals surface area (Å²) in [5.41, 5.74) is 1.52. The van der Waals surface area contributed by atoms with Gasteiger partial charge in [0.1, 0.15) is 0 Å². The van der Waals surface area contributed by atoms with Gasteiger partial charge in [-0.3, -0.25) is 0 Å². The number of rotatable bonds is 7. The lowest BCUT2D eigenvalue weighted by atomic mass is 9.84. The molecule has 2 heteroatoms. The molecule has 1 nitrogen and oxygen atoms in total. The summed E-state index contributed by atoms with van der Waals surface area (Å²) in [5, 5.41) is 6.10. The molecule has 0 amide bonds. The van der Waals surface area contributed by atoms with Crippen LogP contribution in [-0.2, 0) is 0 Å². The Balaban J connectivity index is 1.86. The summed E-state index contributed by atoms with van der Waals surface area (Å²) in [7, 11) is 0. The predicted molar refractivity (Wildman–Crippen MR) is 85.9 cm³/mol. The van der Waals surface area contributed by atoms with Crippen molar-refractivity contribution in [3.63, 3.8) is 0 Å². The van der Waals surface area contributed by atoms with Crippen LogP contribution < -0.4 is 5.32 Å². The quantitative estimate of drug-likeness (QED) is 0.699. The van der Waals surface area contributed by atoms with Crippen LogP contribution in [0.5, 0.6) is 0 Å². The van der Waals surface area contributed by atoms with E-state index in [4.69, 9.17) is 0 Å². The van der Waals surface area contributed by atoms with Gasteiger partial charge in [0, 0.05) is 10.9 Å². The summed E-state index contributed by atoms with van der Waals surface area (Å²) in [5.74, 6) is 0.999. The van der Waals surface area contributed by atoms with E-state index in [9.17, 15) is 0 Å². The van der Waals surface area contributed by atoms with E-state index in [1.807, 2.05) is 11.3 Å². The molecule has 1 fully saturated rings. The van der Waals surface area contributed by atoms with Gasteiger partial charge in [-0.1, -0.05) is 39.0 Å². The average Bonchev–Trinajstić information content (AvgIpc) is 2.86. The second-order valence-corrected chi connectivity index (χ2v) is 7.19. The topological polar surface area (TPSA) is 12.0 Å². The van der Waals surface area contributed by atoms with Gasteiger partial charge in [0.2, 0.25) is 0 Å². The van der Waals surface area contributed by atoms with Crippen molar-refractivity contribution in [2.24, 2.45) is 5.92 Å². The van der Waals surface area contributed by atoms with E-state index in [0.29, 0.717) is 6.04 Å². The van der Waals surface area contributed by atoms with Gasteiger partial charge in [-0.2, -0.15) is 0 Å². The maximum atomic E-state index is 3.75. The van der Waals surface area contributed by atoms with Crippen molar-refractivity contribution in [2.45, 2.75) is 71.3 Å². The molecule has 1 unspecified atom stereocenters. The molecule has 1 aliphatic carbocycles. The van der Waals surface area contributed by atoms with Gasteiger partial charge in [-0.25, -0.2) is 0 Å². The lowest BCUT2D eigenvalue weighted by Crippen LogP contribution is -2.22. The van der Waals surface area contributed by atoms with Gasteiger partial charge in [0.15, 0.2) is 0 Å². The fraction of sp³-hybridized carbons (Fsp3) is 0.765. The predicted octanol–water partition coefficient (Wildman–Crippen LogP) is 5.46. The molecule has 0 bridgehead atoms. The molecule has 1 atom stereocenters. The van der Waals surface area contributed by atoms with Crippen LogP contribution in [-0.4, -0.2) is 6.54 Å². The molecule has 0 radical (unpaired) electrons. The third-order valence-electron chi connectivity index (χ3n) is 4.38. The van der Waals surface area contributed by atoms with Crippen molar-refractivity contribution in [3.05, 3.63) is 21.9 Å². The minimum Gasteiger partial charge on any atom is -0.310 e. The van der Waals surface area contributed by atoms with Crippen LogP contribution in [0.1, 0.15) is 74.8 Å². The number of hydrogen-bond donors (Lipinski definition) is 1. The summed E-state index contributed by atoms with van der Waals surface area (Å²) in [6.07, 6.45) is 11.3. The Labute approximate surface area is 122 Å². The highest BCUT2D eigenvalue weighted by Gasteiger charge is 2.17. The molecule has 1 aliphatic rings. The zero-order valence-corrected chi connectivity index (χ0v) is 13.4. The monoisotopic (exact) mass is 279 g/mol. The van der Waals surface area contributed by atoms with E-state index in [0.717, 1.165) is 12.5 Å². The number of nitrogens with one attached hydrogen (secondary N) is 1. The molecule has 19 heavy (non-hydrogen) atoms. The van der Waals surface area contributed by atoms with E-state index in [2.05, 4.69) is 30.6 Å². The highest BCUT2D eigenvalue weighted by atomic mass is 32.1. The Morgan fingerprint density at radius 2 is 2.11 bits per heavy atom. The van der Waals surface area contributed by atoms with Gasteiger partial charge in [-0.15, -0.1) is 11.3 Å². The Bertz CT molecular complexity index is 352. The standard InChI is InChI=1S/C17H29NS/c1-3-11-18-17(16-12-14(2)19-13-16)10-9-15-7-5-4-6-8-15/h12-13,15,17-18H,3-11H2,1-2H3. The van der Waals surface area contributed by atoms with Crippen LogP contribution in [0.2, 0.25) is 0 Å². The van der Waals surface area contributed by atoms with Crippen LogP contribution in [0.4, 0.5) is 0 Å². The minimum atomic E-state index is 0.590. The van der Waals surface area contributed by atoms with Gasteiger partial charge in [-0.05, 0) is 55.7 Å². The van der Waals surface area contributed by atoms with E-state index in [1.165, 1.54) is 61.8 Å². The maximum Gasteiger partial charge on any atom is 0.0328 e. The first-order chi connectivity index (χ1) is 9.29. The molecule has 1 aromatic heterocycles. The zero-order chi connectivity index (χ0) is 13.5. The van der Waals surface area contributed by atoms with Gasteiger partial charge in [0.05, 0.1) is 0 Å².